The van der Waals surface area contributed by atoms with E-state index in [9.17, 15) is 0 Å². The van der Waals surface area contributed by atoms with Crippen molar-refractivity contribution in [2.75, 3.05) is 20.6 Å². The molecular formula is C9H20N2. The van der Waals surface area contributed by atoms with Crippen molar-refractivity contribution in [3.63, 3.8) is 0 Å². The van der Waals surface area contributed by atoms with E-state index >= 15 is 0 Å². The van der Waals surface area contributed by atoms with Gasteiger partial charge in [-0.1, -0.05) is 20.8 Å². The summed E-state index contributed by atoms with van der Waals surface area (Å²) >= 11 is 0. The molecule has 0 aliphatic heterocycles. The molecule has 11 heavy (non-hydrogen) atoms. The summed E-state index contributed by atoms with van der Waals surface area (Å²) in [6.45, 7) is 7.64. The fourth-order valence-corrected chi connectivity index (χ4v) is 0.621. The number of nitrogens with zero attached hydrogens (tertiary/aromatic N) is 2. The molecule has 0 amide bonds. The molecule has 0 aliphatic carbocycles. The first kappa shape index (κ1) is 10.5. The molecule has 0 radical (unpaired) electrons. The number of hydrogen-bond donors (Lipinski definition) is 0. The van der Waals surface area contributed by atoms with Crippen molar-refractivity contribution >= 4 is 6.34 Å². The topological polar surface area (TPSA) is 15.6 Å². The molecule has 0 aromatic heterocycles. The van der Waals surface area contributed by atoms with Gasteiger partial charge in [-0.3, -0.25) is 4.99 Å². The van der Waals surface area contributed by atoms with Crippen LogP contribution in [-0.4, -0.2) is 31.9 Å². The lowest BCUT2D eigenvalue weighted by molar-refractivity contribution is 0.385. The third-order valence-electron chi connectivity index (χ3n) is 1.30. The van der Waals surface area contributed by atoms with Gasteiger partial charge in [0.15, 0.2) is 0 Å². The molecule has 0 atom stereocenters. The van der Waals surface area contributed by atoms with Crippen molar-refractivity contribution in [1.29, 1.82) is 0 Å². The Balaban J connectivity index is 3.42. The molecule has 0 N–H and O–H groups in total. The number of aliphatic imine (C=N–C) groups is 1. The van der Waals surface area contributed by atoms with E-state index in [2.05, 4.69) is 25.8 Å². The Morgan fingerprint density at radius 3 is 2.18 bits per heavy atom. The van der Waals surface area contributed by atoms with Crippen molar-refractivity contribution in [2.45, 2.75) is 27.2 Å². The fourth-order valence-electron chi connectivity index (χ4n) is 0.621. The molecule has 0 saturated heterocycles. The molecule has 0 saturated carbocycles. The van der Waals surface area contributed by atoms with E-state index in [1.165, 1.54) is 0 Å². The van der Waals surface area contributed by atoms with Crippen molar-refractivity contribution < 1.29 is 0 Å². The molecular weight excluding hydrogens is 136 g/mol. The second-order valence-corrected chi connectivity index (χ2v) is 4.30. The first-order valence-corrected chi connectivity index (χ1v) is 4.08. The SMILES string of the molecule is CN(C)C=NCCC(C)(C)C. The van der Waals surface area contributed by atoms with Crippen LogP contribution < -0.4 is 0 Å². The van der Waals surface area contributed by atoms with Gasteiger partial charge in [0.1, 0.15) is 0 Å². The maximum Gasteiger partial charge on any atom is 0.0844 e. The van der Waals surface area contributed by atoms with Crippen molar-refractivity contribution in [3.8, 4) is 0 Å². The highest BCUT2D eigenvalue weighted by molar-refractivity contribution is 5.53. The monoisotopic (exact) mass is 156 g/mol. The predicted octanol–water partition coefficient (Wildman–Crippen LogP) is 2.01. The zero-order valence-electron chi connectivity index (χ0n) is 8.39. The molecule has 0 spiro atoms. The van der Waals surface area contributed by atoms with Crippen LogP contribution in [0.25, 0.3) is 0 Å². The third-order valence-corrected chi connectivity index (χ3v) is 1.30. The molecule has 0 fully saturated rings. The van der Waals surface area contributed by atoms with Crippen LogP contribution >= 0.6 is 0 Å². The lowest BCUT2D eigenvalue weighted by Crippen LogP contribution is -2.10. The summed E-state index contributed by atoms with van der Waals surface area (Å²) < 4.78 is 0. The molecule has 0 bridgehead atoms. The van der Waals surface area contributed by atoms with Crippen LogP contribution in [0.15, 0.2) is 4.99 Å². The smallest absolute Gasteiger partial charge is 0.0844 e. The van der Waals surface area contributed by atoms with E-state index in [0.717, 1.165) is 13.0 Å². The van der Waals surface area contributed by atoms with Gasteiger partial charge in [0, 0.05) is 20.6 Å². The van der Waals surface area contributed by atoms with Crippen LogP contribution in [0.4, 0.5) is 0 Å². The average molecular weight is 156 g/mol. The molecule has 0 aromatic rings. The minimum absolute atomic E-state index is 0.406. The molecule has 0 rings (SSSR count). The van der Waals surface area contributed by atoms with Crippen LogP contribution in [0.1, 0.15) is 27.2 Å². The van der Waals surface area contributed by atoms with Gasteiger partial charge in [0.05, 0.1) is 6.34 Å². The first-order valence-electron chi connectivity index (χ1n) is 4.08. The normalized spacial score (nSPS) is 12.5. The number of hydrogen-bond acceptors (Lipinski definition) is 1. The van der Waals surface area contributed by atoms with E-state index in [1.54, 1.807) is 0 Å². The van der Waals surface area contributed by atoms with E-state index in [1.807, 2.05) is 25.3 Å². The molecule has 0 heterocycles. The highest BCUT2D eigenvalue weighted by Gasteiger charge is 2.07. The largest absolute Gasteiger partial charge is 0.369 e. The average Bonchev–Trinajstić information content (AvgIpc) is 1.78. The predicted molar refractivity (Wildman–Crippen MR) is 51.1 cm³/mol. The van der Waals surface area contributed by atoms with Crippen LogP contribution in [0.2, 0.25) is 0 Å². The van der Waals surface area contributed by atoms with Gasteiger partial charge in [0.2, 0.25) is 0 Å². The quantitative estimate of drug-likeness (QED) is 0.451. The standard InChI is InChI=1S/C9H20N2/c1-9(2,3)6-7-10-8-11(4)5/h8H,6-7H2,1-5H3. The Hall–Kier alpha value is -0.530. The third kappa shape index (κ3) is 9.47. The highest BCUT2D eigenvalue weighted by Crippen LogP contribution is 2.17. The second-order valence-electron chi connectivity index (χ2n) is 4.30. The van der Waals surface area contributed by atoms with E-state index in [4.69, 9.17) is 0 Å². The van der Waals surface area contributed by atoms with Crippen LogP contribution in [0.5, 0.6) is 0 Å². The maximum atomic E-state index is 4.26. The lowest BCUT2D eigenvalue weighted by atomic mass is 9.93. The van der Waals surface area contributed by atoms with E-state index in [-0.39, 0.29) is 0 Å². The zero-order chi connectivity index (χ0) is 8.91. The summed E-state index contributed by atoms with van der Waals surface area (Å²) in [4.78, 5) is 6.22. The molecule has 0 aliphatic rings. The Kier molecular flexibility index (Phi) is 4.16. The van der Waals surface area contributed by atoms with Gasteiger partial charge in [-0.15, -0.1) is 0 Å². The lowest BCUT2D eigenvalue weighted by Gasteiger charge is -2.15. The minimum atomic E-state index is 0.406. The second kappa shape index (κ2) is 4.37. The summed E-state index contributed by atoms with van der Waals surface area (Å²) in [6.07, 6.45) is 3.02. The fraction of sp³-hybridized carbons (Fsp3) is 0.889. The first-order chi connectivity index (χ1) is 4.92. The van der Waals surface area contributed by atoms with Gasteiger partial charge in [-0.2, -0.15) is 0 Å². The zero-order valence-corrected chi connectivity index (χ0v) is 8.39. The van der Waals surface area contributed by atoms with Gasteiger partial charge in [-0.05, 0) is 11.8 Å². The highest BCUT2D eigenvalue weighted by atomic mass is 15.1. The molecule has 2 nitrogen and oxygen atoms in total. The van der Waals surface area contributed by atoms with Crippen LogP contribution in [0.3, 0.4) is 0 Å². The van der Waals surface area contributed by atoms with Gasteiger partial charge < -0.3 is 4.90 Å². The molecule has 0 aromatic carbocycles. The Morgan fingerprint density at radius 1 is 1.27 bits per heavy atom. The van der Waals surface area contributed by atoms with E-state index < -0.39 is 0 Å². The summed E-state index contributed by atoms with van der Waals surface area (Å²) in [7, 11) is 3.97. The van der Waals surface area contributed by atoms with Crippen LogP contribution in [0, 0.1) is 5.41 Å². The number of rotatable bonds is 3. The maximum absolute atomic E-state index is 4.26. The summed E-state index contributed by atoms with van der Waals surface area (Å²) in [5.41, 5.74) is 0.406. The van der Waals surface area contributed by atoms with Gasteiger partial charge in [0.25, 0.3) is 0 Å². The molecule has 0 unspecified atom stereocenters. The van der Waals surface area contributed by atoms with Crippen molar-refractivity contribution in [2.24, 2.45) is 10.4 Å². The molecule has 66 valence electrons. The van der Waals surface area contributed by atoms with Crippen molar-refractivity contribution in [1.82, 2.24) is 4.90 Å². The minimum Gasteiger partial charge on any atom is -0.369 e. The van der Waals surface area contributed by atoms with Gasteiger partial charge >= 0.3 is 0 Å². The van der Waals surface area contributed by atoms with Gasteiger partial charge in [-0.25, -0.2) is 0 Å². The Labute approximate surface area is 70.3 Å². The van der Waals surface area contributed by atoms with Crippen LogP contribution in [-0.2, 0) is 0 Å². The Bertz CT molecular complexity index is 120. The Morgan fingerprint density at radius 2 is 1.82 bits per heavy atom. The summed E-state index contributed by atoms with van der Waals surface area (Å²) in [5.74, 6) is 0. The van der Waals surface area contributed by atoms with E-state index in [0.29, 0.717) is 5.41 Å². The summed E-state index contributed by atoms with van der Waals surface area (Å²) in [5, 5.41) is 0. The molecule has 2 heteroatoms. The van der Waals surface area contributed by atoms with Crippen molar-refractivity contribution in [3.05, 3.63) is 0 Å². The summed E-state index contributed by atoms with van der Waals surface area (Å²) in [6, 6.07) is 0.